The summed E-state index contributed by atoms with van der Waals surface area (Å²) in [5, 5.41) is 22.7. The van der Waals surface area contributed by atoms with Gasteiger partial charge in [-0.1, -0.05) is 6.92 Å². The molecule has 5 fully saturated rings. The lowest BCUT2D eigenvalue weighted by molar-refractivity contribution is -0.272. The lowest BCUT2D eigenvalue weighted by Crippen LogP contribution is -2.63. The number of hydrogen-bond acceptors (Lipinski definition) is 8. The Hall–Kier alpha value is -1.32. The zero-order chi connectivity index (χ0) is 26.9. The number of aliphatic hydroxyl groups is 2. The van der Waals surface area contributed by atoms with Crippen LogP contribution in [-0.4, -0.2) is 72.5 Å². The highest BCUT2D eigenvalue weighted by Gasteiger charge is 2.68. The zero-order valence-electron chi connectivity index (χ0n) is 23.0. The van der Waals surface area contributed by atoms with Gasteiger partial charge in [-0.2, -0.15) is 0 Å². The topological polar surface area (TPSA) is 112 Å². The molecule has 2 aliphatic heterocycles. The summed E-state index contributed by atoms with van der Waals surface area (Å²) in [5.41, 5.74) is -0.521. The standard InChI is InChI=1S/C30H44O8/c1-17-27(33)24(35-3)14-26(37-17)38-20-6-10-29(16-31)19(13-20)4-5-23-22(29)7-9-28(2)21(8-11-30(23,28)34)18-12-25(32)36-15-18/h12,16-17,19-24,26-27,33-34H,4-11,13-15H2,1-3H3/t17-,19-,20+,21-,22-,23+,24+,26+,27+,28-,29-,30+/m1/s1. The second-order valence-electron chi connectivity index (χ2n) is 13.3. The van der Waals surface area contributed by atoms with Crippen LogP contribution in [0.2, 0.25) is 0 Å². The first kappa shape index (κ1) is 26.9. The normalized spacial score (nSPS) is 52.4. The van der Waals surface area contributed by atoms with Crippen molar-refractivity contribution >= 4 is 12.3 Å². The Labute approximate surface area is 225 Å². The summed E-state index contributed by atoms with van der Waals surface area (Å²) < 4.78 is 23.1. The second-order valence-corrected chi connectivity index (χ2v) is 13.3. The largest absolute Gasteiger partial charge is 0.458 e. The van der Waals surface area contributed by atoms with Crippen LogP contribution >= 0.6 is 0 Å². The molecule has 0 amide bonds. The Kier molecular flexibility index (Phi) is 6.83. The number of ether oxygens (including phenoxy) is 4. The molecule has 12 atom stereocenters. The van der Waals surface area contributed by atoms with Crippen molar-refractivity contribution in [3.05, 3.63) is 11.6 Å². The molecule has 4 aliphatic carbocycles. The van der Waals surface area contributed by atoms with E-state index in [0.29, 0.717) is 13.0 Å². The van der Waals surface area contributed by atoms with Gasteiger partial charge in [0.25, 0.3) is 0 Å². The van der Waals surface area contributed by atoms with E-state index in [1.165, 1.54) is 6.29 Å². The van der Waals surface area contributed by atoms with Gasteiger partial charge in [0.2, 0.25) is 0 Å². The first-order valence-corrected chi connectivity index (χ1v) is 14.7. The molecule has 0 radical (unpaired) electrons. The summed E-state index contributed by atoms with van der Waals surface area (Å²) in [6.45, 7) is 4.40. The molecule has 0 bridgehead atoms. The minimum Gasteiger partial charge on any atom is -0.458 e. The molecule has 0 unspecified atom stereocenters. The van der Waals surface area contributed by atoms with Gasteiger partial charge in [-0.25, -0.2) is 4.79 Å². The molecular formula is C30H44O8. The van der Waals surface area contributed by atoms with Crippen molar-refractivity contribution in [2.75, 3.05) is 13.7 Å². The van der Waals surface area contributed by atoms with Crippen LogP contribution in [0.15, 0.2) is 11.6 Å². The monoisotopic (exact) mass is 532 g/mol. The van der Waals surface area contributed by atoms with E-state index < -0.39 is 23.4 Å². The van der Waals surface area contributed by atoms with Crippen molar-refractivity contribution in [2.45, 2.75) is 114 Å². The van der Waals surface area contributed by atoms with Gasteiger partial charge < -0.3 is 34.0 Å². The number of methoxy groups -OCH3 is 1. The third kappa shape index (κ3) is 3.88. The SMILES string of the molecule is CO[C@H]1C[C@H](O[C@H]2CC[C@@]3(C=O)[C@H](CC[C@H]4[C@H]3CC[C@]3(C)[C@@H](C5=CC(=O)OC5)CC[C@]43O)C2)O[C@H](C)[C@@H]1O. The van der Waals surface area contributed by atoms with Crippen LogP contribution in [0.3, 0.4) is 0 Å². The highest BCUT2D eigenvalue weighted by atomic mass is 16.7. The number of aldehydes is 1. The minimum atomic E-state index is -0.830. The smallest absolute Gasteiger partial charge is 0.331 e. The van der Waals surface area contributed by atoms with Crippen LogP contribution in [-0.2, 0) is 28.5 Å². The summed E-state index contributed by atoms with van der Waals surface area (Å²) in [6.07, 6.45) is 9.21. The summed E-state index contributed by atoms with van der Waals surface area (Å²) >= 11 is 0. The van der Waals surface area contributed by atoms with Crippen molar-refractivity contribution < 1.29 is 38.7 Å². The number of fused-ring (bicyclic) bond motifs is 5. The predicted octanol–water partition coefficient (Wildman–Crippen LogP) is 3.32. The maximum absolute atomic E-state index is 13.0. The Balaban J connectivity index is 1.18. The molecule has 8 heteroatoms. The van der Waals surface area contributed by atoms with E-state index in [2.05, 4.69) is 6.92 Å². The first-order chi connectivity index (χ1) is 18.1. The van der Waals surface area contributed by atoms with Crippen molar-refractivity contribution in [1.29, 1.82) is 0 Å². The summed E-state index contributed by atoms with van der Waals surface area (Å²) in [5.74, 6) is 0.384. The fourth-order valence-corrected chi connectivity index (χ4v) is 9.96. The number of cyclic esters (lactones) is 1. The molecule has 0 aromatic heterocycles. The van der Waals surface area contributed by atoms with Crippen molar-refractivity contribution in [1.82, 2.24) is 0 Å². The van der Waals surface area contributed by atoms with Gasteiger partial charge in [0.15, 0.2) is 6.29 Å². The molecule has 0 spiro atoms. The van der Waals surface area contributed by atoms with E-state index >= 15 is 0 Å². The molecule has 212 valence electrons. The minimum absolute atomic E-state index is 0.00854. The third-order valence-corrected chi connectivity index (χ3v) is 12.0. The molecule has 0 aromatic carbocycles. The molecule has 0 aromatic rings. The number of rotatable bonds is 5. The van der Waals surface area contributed by atoms with E-state index in [0.717, 1.165) is 63.4 Å². The molecular weight excluding hydrogens is 488 g/mol. The fraction of sp³-hybridized carbons (Fsp3) is 0.867. The van der Waals surface area contributed by atoms with Crippen molar-refractivity contribution in [2.24, 2.45) is 34.5 Å². The van der Waals surface area contributed by atoms with E-state index in [-0.39, 0.29) is 53.4 Å². The van der Waals surface area contributed by atoms with Crippen molar-refractivity contribution in [3.63, 3.8) is 0 Å². The van der Waals surface area contributed by atoms with E-state index in [9.17, 15) is 19.8 Å². The number of carbonyl (C=O) groups excluding carboxylic acids is 2. The zero-order valence-corrected chi connectivity index (χ0v) is 23.0. The van der Waals surface area contributed by atoms with E-state index in [1.54, 1.807) is 13.2 Å². The second kappa shape index (κ2) is 9.65. The maximum atomic E-state index is 13.0. The predicted molar refractivity (Wildman–Crippen MR) is 137 cm³/mol. The average Bonchev–Trinajstić information content (AvgIpc) is 3.45. The van der Waals surface area contributed by atoms with Crippen LogP contribution in [0.4, 0.5) is 0 Å². The molecule has 8 nitrogen and oxygen atoms in total. The molecule has 2 heterocycles. The van der Waals surface area contributed by atoms with Gasteiger partial charge in [0, 0.05) is 30.4 Å². The molecule has 6 rings (SSSR count). The fourth-order valence-electron chi connectivity index (χ4n) is 9.96. The van der Waals surface area contributed by atoms with Crippen LogP contribution in [0.5, 0.6) is 0 Å². The van der Waals surface area contributed by atoms with Gasteiger partial charge in [-0.3, -0.25) is 0 Å². The molecule has 38 heavy (non-hydrogen) atoms. The molecule has 2 N–H and O–H groups in total. The molecule has 4 saturated carbocycles. The summed E-state index contributed by atoms with van der Waals surface area (Å²) in [6, 6.07) is 0. The van der Waals surface area contributed by atoms with E-state index in [4.69, 9.17) is 18.9 Å². The lowest BCUT2D eigenvalue weighted by atomic mass is 9.43. The number of hydrogen-bond donors (Lipinski definition) is 2. The van der Waals surface area contributed by atoms with Crippen molar-refractivity contribution in [3.8, 4) is 0 Å². The van der Waals surface area contributed by atoms with Crippen LogP contribution < -0.4 is 0 Å². The van der Waals surface area contributed by atoms with Gasteiger partial charge >= 0.3 is 5.97 Å². The Morgan fingerprint density at radius 2 is 1.89 bits per heavy atom. The van der Waals surface area contributed by atoms with E-state index in [1.807, 2.05) is 6.92 Å². The first-order valence-electron chi connectivity index (χ1n) is 14.7. The number of esters is 1. The Bertz CT molecular complexity index is 981. The van der Waals surface area contributed by atoms with Gasteiger partial charge in [-0.05, 0) is 94.0 Å². The Morgan fingerprint density at radius 3 is 2.61 bits per heavy atom. The lowest BCUT2D eigenvalue weighted by Gasteiger charge is -2.63. The van der Waals surface area contributed by atoms with Crippen LogP contribution in [0.25, 0.3) is 0 Å². The summed E-state index contributed by atoms with van der Waals surface area (Å²) in [4.78, 5) is 24.8. The molecule has 1 saturated heterocycles. The highest BCUT2D eigenvalue weighted by Crippen LogP contribution is 2.69. The number of carbonyl (C=O) groups is 2. The number of aliphatic hydroxyl groups excluding tert-OH is 1. The van der Waals surface area contributed by atoms with Crippen LogP contribution in [0, 0.1) is 34.5 Å². The quantitative estimate of drug-likeness (QED) is 0.315. The summed E-state index contributed by atoms with van der Waals surface area (Å²) in [7, 11) is 1.61. The molecule has 6 aliphatic rings. The average molecular weight is 533 g/mol. The van der Waals surface area contributed by atoms with Gasteiger partial charge in [0.1, 0.15) is 19.0 Å². The highest BCUT2D eigenvalue weighted by molar-refractivity contribution is 5.85. The van der Waals surface area contributed by atoms with Gasteiger partial charge in [-0.15, -0.1) is 0 Å². The van der Waals surface area contributed by atoms with Crippen LogP contribution in [0.1, 0.15) is 78.1 Å². The van der Waals surface area contributed by atoms with Gasteiger partial charge in [0.05, 0.1) is 23.9 Å². The maximum Gasteiger partial charge on any atom is 0.331 e. The third-order valence-electron chi connectivity index (χ3n) is 12.0. The Morgan fingerprint density at radius 1 is 1.08 bits per heavy atom.